The van der Waals surface area contributed by atoms with Gasteiger partial charge in [0, 0.05) is 53.5 Å². The molecule has 2 heterocycles. The average Bonchev–Trinajstić information content (AvgIpc) is 3.23. The lowest BCUT2D eigenvalue weighted by molar-refractivity contribution is 0.229. The molecule has 2 aromatic rings. The molecule has 0 saturated carbocycles. The summed E-state index contributed by atoms with van der Waals surface area (Å²) in [5.74, 6) is 0. The molecule has 0 unspecified atom stereocenters. The van der Waals surface area contributed by atoms with E-state index in [1.165, 1.54) is 0 Å². The summed E-state index contributed by atoms with van der Waals surface area (Å²) in [6, 6.07) is 15.6. The van der Waals surface area contributed by atoms with E-state index >= 15 is 0 Å². The third-order valence-corrected chi connectivity index (χ3v) is 5.41. The van der Waals surface area contributed by atoms with Crippen LogP contribution in [0.15, 0.2) is 57.5 Å². The summed E-state index contributed by atoms with van der Waals surface area (Å²) in [6.45, 7) is 3.06. The Morgan fingerprint density at radius 1 is 0.786 bits per heavy atom. The Morgan fingerprint density at radius 3 is 1.68 bits per heavy atom. The lowest BCUT2D eigenvalue weighted by Gasteiger charge is -2.15. The highest BCUT2D eigenvalue weighted by atomic mass is 79.9. The van der Waals surface area contributed by atoms with E-state index in [1.54, 1.807) is 14.7 Å². The van der Waals surface area contributed by atoms with Crippen molar-refractivity contribution in [3.05, 3.63) is 57.5 Å². The molecule has 4 rings (SSSR count). The van der Waals surface area contributed by atoms with E-state index in [-0.39, 0.29) is 19.5 Å². The monoisotopic (exact) mass is 510 g/mol. The van der Waals surface area contributed by atoms with Crippen LogP contribution in [0.4, 0.5) is 21.0 Å². The molecule has 0 aromatic heterocycles. The van der Waals surface area contributed by atoms with E-state index < -0.39 is 0 Å². The zero-order valence-electron chi connectivity index (χ0n) is 14.9. The zero-order chi connectivity index (χ0) is 19.4. The first-order valence-electron chi connectivity index (χ1n) is 8.55. The van der Waals surface area contributed by atoms with Gasteiger partial charge in [-0.3, -0.25) is 9.80 Å². The quantitative estimate of drug-likeness (QED) is 0.621. The molecule has 6 nitrogen and oxygen atoms in total. The van der Waals surface area contributed by atoms with Gasteiger partial charge < -0.3 is 10.2 Å². The number of halogens is 2. The molecule has 28 heavy (non-hydrogen) atoms. The number of likely N-dealkylation sites (N-methyl/N-ethyl adjacent to an activating group) is 1. The van der Waals surface area contributed by atoms with Gasteiger partial charge in [-0.2, -0.15) is 0 Å². The van der Waals surface area contributed by atoms with E-state index in [4.69, 9.17) is 0 Å². The summed E-state index contributed by atoms with van der Waals surface area (Å²) < 4.78 is 2.05. The predicted octanol–water partition coefficient (Wildman–Crippen LogP) is 4.94. The number of carbonyl (C=O) groups is 2. The molecule has 2 fully saturated rings. The average molecular weight is 512 g/mol. The Morgan fingerprint density at radius 2 is 1.29 bits per heavy atom. The Bertz CT molecular complexity index is 812. The van der Waals surface area contributed by atoms with Gasteiger partial charge in [-0.05, 0) is 48.5 Å². The number of hydrogen-bond donors (Lipinski definition) is 1. The maximum Gasteiger partial charge on any atom is 0.324 e. The van der Waals surface area contributed by atoms with Gasteiger partial charge in [-0.1, -0.05) is 39.3 Å². The predicted molar refractivity (Wildman–Crippen MR) is 121 cm³/mol. The zero-order valence-corrected chi connectivity index (χ0v) is 18.0. The molecule has 2 saturated heterocycles. The highest BCUT2D eigenvalue weighted by Crippen LogP contribution is 2.22. The van der Waals surface area contributed by atoms with E-state index in [9.17, 15) is 9.59 Å². The molecule has 0 bridgehead atoms. The third kappa shape index (κ3) is 5.26. The lowest BCUT2D eigenvalue weighted by atomic mass is 10.3. The largest absolute Gasteiger partial charge is 0.336 e. The van der Waals surface area contributed by atoms with Gasteiger partial charge in [-0.15, -0.1) is 0 Å². The first-order chi connectivity index (χ1) is 13.0. The molecular weight excluding hydrogens is 488 g/mol. The normalized spacial score (nSPS) is 15.8. The summed E-state index contributed by atoms with van der Waals surface area (Å²) in [6.07, 6.45) is 0. The molecule has 0 radical (unpaired) electrons. The maximum atomic E-state index is 11.6. The van der Waals surface area contributed by atoms with E-state index in [0.717, 1.165) is 46.5 Å². The van der Waals surface area contributed by atoms with Crippen molar-refractivity contribution in [2.45, 2.75) is 7.43 Å². The Balaban J connectivity index is 0.000000194. The fraction of sp³-hybridized carbons (Fsp3) is 0.300. The van der Waals surface area contributed by atoms with Crippen LogP contribution in [-0.4, -0.2) is 50.2 Å². The van der Waals surface area contributed by atoms with Crippen LogP contribution in [0.25, 0.3) is 0 Å². The summed E-state index contributed by atoms with van der Waals surface area (Å²) in [4.78, 5) is 28.1. The number of rotatable bonds is 2. The van der Waals surface area contributed by atoms with Crippen LogP contribution >= 0.6 is 31.9 Å². The number of hydrogen-bond acceptors (Lipinski definition) is 2. The summed E-state index contributed by atoms with van der Waals surface area (Å²) >= 11 is 6.72. The molecule has 4 amide bonds. The smallest absolute Gasteiger partial charge is 0.324 e. The highest BCUT2D eigenvalue weighted by molar-refractivity contribution is 9.10. The van der Waals surface area contributed by atoms with Gasteiger partial charge >= 0.3 is 12.1 Å². The molecule has 150 valence electrons. The number of amides is 4. The van der Waals surface area contributed by atoms with E-state index in [0.29, 0.717) is 0 Å². The summed E-state index contributed by atoms with van der Waals surface area (Å²) in [5.41, 5.74) is 1.90. The fourth-order valence-electron chi connectivity index (χ4n) is 2.85. The van der Waals surface area contributed by atoms with Crippen LogP contribution in [0.5, 0.6) is 0 Å². The lowest BCUT2D eigenvalue weighted by Crippen LogP contribution is -2.28. The molecule has 2 aromatic carbocycles. The van der Waals surface area contributed by atoms with E-state index in [2.05, 4.69) is 37.2 Å². The van der Waals surface area contributed by atoms with Gasteiger partial charge in [0.05, 0.1) is 0 Å². The second-order valence-corrected chi connectivity index (χ2v) is 8.02. The minimum atomic E-state index is -0.0117. The number of carbonyl (C=O) groups excluding carboxylic acids is 2. The van der Waals surface area contributed by atoms with Gasteiger partial charge in [0.25, 0.3) is 0 Å². The van der Waals surface area contributed by atoms with Crippen LogP contribution in [0, 0.1) is 0 Å². The van der Waals surface area contributed by atoms with Gasteiger partial charge in [0.1, 0.15) is 0 Å². The van der Waals surface area contributed by atoms with Crippen molar-refractivity contribution in [1.82, 2.24) is 10.2 Å². The molecule has 1 N–H and O–H groups in total. The van der Waals surface area contributed by atoms with Crippen molar-refractivity contribution >= 4 is 55.3 Å². The van der Waals surface area contributed by atoms with E-state index in [1.807, 2.05) is 55.6 Å². The fourth-order valence-corrected chi connectivity index (χ4v) is 3.38. The molecular formula is C20H24Br2N4O2. The molecule has 0 aliphatic carbocycles. The SMILES string of the molecule is C.CN1CCN(c2ccc(Br)cc2)C1=O.O=C1NCCN1c1ccc(Br)cc1. The van der Waals surface area contributed by atoms with Crippen LogP contribution < -0.4 is 15.1 Å². The van der Waals surface area contributed by atoms with Crippen molar-refractivity contribution in [3.63, 3.8) is 0 Å². The third-order valence-electron chi connectivity index (χ3n) is 4.35. The first kappa shape index (κ1) is 22.2. The second-order valence-electron chi connectivity index (χ2n) is 6.19. The van der Waals surface area contributed by atoms with Crippen molar-refractivity contribution in [3.8, 4) is 0 Å². The summed E-state index contributed by atoms with van der Waals surface area (Å²) in [7, 11) is 1.82. The second kappa shape index (κ2) is 9.93. The van der Waals surface area contributed by atoms with Crippen LogP contribution in [0.2, 0.25) is 0 Å². The minimum Gasteiger partial charge on any atom is -0.336 e. The molecule has 2 aliphatic rings. The maximum absolute atomic E-state index is 11.6. The molecule has 8 heteroatoms. The van der Waals surface area contributed by atoms with Gasteiger partial charge in [-0.25, -0.2) is 9.59 Å². The van der Waals surface area contributed by atoms with Gasteiger partial charge in [0.2, 0.25) is 0 Å². The number of urea groups is 2. The first-order valence-corrected chi connectivity index (χ1v) is 10.1. The van der Waals surface area contributed by atoms with Gasteiger partial charge in [0.15, 0.2) is 0 Å². The van der Waals surface area contributed by atoms with Crippen molar-refractivity contribution in [2.24, 2.45) is 0 Å². The Hall–Kier alpha value is -2.06. The highest BCUT2D eigenvalue weighted by Gasteiger charge is 2.26. The van der Waals surface area contributed by atoms with Crippen molar-refractivity contribution < 1.29 is 9.59 Å². The van der Waals surface area contributed by atoms with Crippen LogP contribution in [-0.2, 0) is 0 Å². The number of nitrogens with zero attached hydrogens (tertiary/aromatic N) is 3. The standard InChI is InChI=1S/C10H11BrN2O.C9H9BrN2O.CH4/c1-12-6-7-13(10(12)14)9-4-2-8(11)3-5-9;10-7-1-3-8(4-2-7)12-6-5-11-9(12)13;/h2-5H,6-7H2,1H3;1-4H,5-6H2,(H,11,13);1H4. The molecule has 0 spiro atoms. The molecule has 0 atom stereocenters. The van der Waals surface area contributed by atoms with Crippen LogP contribution in [0.1, 0.15) is 7.43 Å². The minimum absolute atomic E-state index is 0. The van der Waals surface area contributed by atoms with Crippen molar-refractivity contribution in [1.29, 1.82) is 0 Å². The Labute approximate surface area is 182 Å². The molecule has 2 aliphatic heterocycles. The van der Waals surface area contributed by atoms with Crippen molar-refractivity contribution in [2.75, 3.05) is 43.0 Å². The van der Waals surface area contributed by atoms with Crippen LogP contribution in [0.3, 0.4) is 0 Å². The number of benzene rings is 2. The number of nitrogens with one attached hydrogen (secondary N) is 1. The summed E-state index contributed by atoms with van der Waals surface area (Å²) in [5, 5.41) is 2.76. The Kier molecular flexibility index (Phi) is 7.88. The number of anilines is 2. The topological polar surface area (TPSA) is 55.9 Å².